The molecule has 0 unspecified atom stereocenters. The first-order valence-corrected chi connectivity index (χ1v) is 11.1. The van der Waals surface area contributed by atoms with Gasteiger partial charge in [-0.25, -0.2) is 0 Å². The second-order valence-corrected chi connectivity index (χ2v) is 9.05. The SMILES string of the molecule is Oc1ccc2c(c1)[C@]13CCCC[C@H]1[C@@H](C2)N(CCCNc1ccccc1)CC3. The standard InChI is InChI=1S/C25H32N2O/c28-21-11-10-19-17-24-22-9-4-5-12-25(22,23(19)18-21)13-16-27(24)15-6-14-26-20-7-2-1-3-8-20/h1-3,7-8,10-11,18,22,24,26,28H,4-6,9,12-17H2/t22-,24+,25-/m0/s1. The van der Waals surface area contributed by atoms with Gasteiger partial charge in [-0.15, -0.1) is 0 Å². The van der Waals surface area contributed by atoms with Gasteiger partial charge in [0.15, 0.2) is 0 Å². The van der Waals surface area contributed by atoms with Crippen molar-refractivity contribution in [2.24, 2.45) is 5.92 Å². The van der Waals surface area contributed by atoms with E-state index in [0.29, 0.717) is 17.2 Å². The van der Waals surface area contributed by atoms with Gasteiger partial charge in [-0.1, -0.05) is 37.1 Å². The fraction of sp³-hybridized carbons (Fsp3) is 0.520. The predicted molar refractivity (Wildman–Crippen MR) is 115 cm³/mol. The van der Waals surface area contributed by atoms with Gasteiger partial charge in [0, 0.05) is 30.2 Å². The first-order chi connectivity index (χ1) is 13.8. The van der Waals surface area contributed by atoms with Crippen LogP contribution in [0.2, 0.25) is 0 Å². The Morgan fingerprint density at radius 2 is 1.96 bits per heavy atom. The van der Waals surface area contributed by atoms with E-state index in [2.05, 4.69) is 52.7 Å². The van der Waals surface area contributed by atoms with Crippen molar-refractivity contribution < 1.29 is 5.11 Å². The maximum atomic E-state index is 10.1. The molecule has 1 aliphatic heterocycles. The summed E-state index contributed by atoms with van der Waals surface area (Å²) in [5.74, 6) is 1.22. The van der Waals surface area contributed by atoms with Gasteiger partial charge < -0.3 is 10.4 Å². The molecular formula is C25H32N2O. The van der Waals surface area contributed by atoms with Gasteiger partial charge in [0.25, 0.3) is 0 Å². The molecule has 2 aromatic rings. The van der Waals surface area contributed by atoms with Crippen LogP contribution in [-0.4, -0.2) is 35.7 Å². The highest BCUT2D eigenvalue weighted by Gasteiger charge is 2.53. The summed E-state index contributed by atoms with van der Waals surface area (Å²) < 4.78 is 0. The van der Waals surface area contributed by atoms with Gasteiger partial charge in [-0.05, 0) is 80.0 Å². The van der Waals surface area contributed by atoms with Crippen LogP contribution in [0, 0.1) is 5.92 Å². The number of nitrogens with zero attached hydrogens (tertiary/aromatic N) is 1. The molecule has 1 heterocycles. The second-order valence-electron chi connectivity index (χ2n) is 9.05. The van der Waals surface area contributed by atoms with Gasteiger partial charge in [0.05, 0.1) is 0 Å². The van der Waals surface area contributed by atoms with Crippen molar-refractivity contribution in [3.05, 3.63) is 59.7 Å². The van der Waals surface area contributed by atoms with Crippen molar-refractivity contribution in [2.75, 3.05) is 25.0 Å². The lowest BCUT2D eigenvalue weighted by Gasteiger charge is -2.59. The molecule has 3 aliphatic rings. The first-order valence-electron chi connectivity index (χ1n) is 11.1. The fourth-order valence-corrected chi connectivity index (χ4v) is 6.42. The molecule has 148 valence electrons. The molecule has 0 amide bonds. The lowest BCUT2D eigenvalue weighted by molar-refractivity contribution is -0.0113. The van der Waals surface area contributed by atoms with E-state index in [1.807, 2.05) is 6.07 Å². The van der Waals surface area contributed by atoms with Crippen molar-refractivity contribution in [3.63, 3.8) is 0 Å². The number of hydrogen-bond donors (Lipinski definition) is 2. The minimum atomic E-state index is 0.327. The van der Waals surface area contributed by atoms with Crippen LogP contribution < -0.4 is 5.32 Å². The highest BCUT2D eigenvalue weighted by molar-refractivity contribution is 5.45. The number of hydrogen-bond acceptors (Lipinski definition) is 3. The highest BCUT2D eigenvalue weighted by atomic mass is 16.3. The Morgan fingerprint density at radius 3 is 2.86 bits per heavy atom. The molecule has 2 fully saturated rings. The fourth-order valence-electron chi connectivity index (χ4n) is 6.42. The molecule has 2 bridgehead atoms. The van der Waals surface area contributed by atoms with E-state index >= 15 is 0 Å². The van der Waals surface area contributed by atoms with Gasteiger partial charge >= 0.3 is 0 Å². The highest BCUT2D eigenvalue weighted by Crippen LogP contribution is 2.56. The molecular weight excluding hydrogens is 344 g/mol. The Kier molecular flexibility index (Phi) is 4.80. The third-order valence-electron chi connectivity index (χ3n) is 7.66. The molecule has 3 atom stereocenters. The van der Waals surface area contributed by atoms with Crippen LogP contribution in [0.3, 0.4) is 0 Å². The monoisotopic (exact) mass is 376 g/mol. The minimum Gasteiger partial charge on any atom is -0.508 e. The third-order valence-corrected chi connectivity index (χ3v) is 7.66. The number of rotatable bonds is 5. The van der Waals surface area contributed by atoms with Gasteiger partial charge in [0.1, 0.15) is 5.75 Å². The number of phenols is 1. The van der Waals surface area contributed by atoms with Crippen molar-refractivity contribution in [1.29, 1.82) is 0 Å². The summed E-state index contributed by atoms with van der Waals surface area (Å²) in [6.07, 6.45) is 9.00. The maximum absolute atomic E-state index is 10.1. The number of anilines is 1. The topological polar surface area (TPSA) is 35.5 Å². The Hall–Kier alpha value is -2.00. The molecule has 5 rings (SSSR count). The van der Waals surface area contributed by atoms with Crippen molar-refractivity contribution in [3.8, 4) is 5.75 Å². The van der Waals surface area contributed by atoms with Crippen molar-refractivity contribution in [1.82, 2.24) is 4.90 Å². The Morgan fingerprint density at radius 1 is 1.07 bits per heavy atom. The van der Waals surface area contributed by atoms with E-state index in [1.54, 1.807) is 0 Å². The summed E-state index contributed by atoms with van der Waals surface area (Å²) in [7, 11) is 0. The molecule has 0 radical (unpaired) electrons. The third kappa shape index (κ3) is 3.10. The van der Waals surface area contributed by atoms with E-state index in [-0.39, 0.29) is 0 Å². The van der Waals surface area contributed by atoms with Gasteiger partial charge in [0.2, 0.25) is 0 Å². The van der Waals surface area contributed by atoms with Crippen LogP contribution in [0.15, 0.2) is 48.5 Å². The zero-order chi connectivity index (χ0) is 19.0. The summed E-state index contributed by atoms with van der Waals surface area (Å²) >= 11 is 0. The van der Waals surface area contributed by atoms with Crippen LogP contribution in [0.5, 0.6) is 5.75 Å². The molecule has 2 N–H and O–H groups in total. The summed E-state index contributed by atoms with van der Waals surface area (Å²) in [6, 6.07) is 17.4. The summed E-state index contributed by atoms with van der Waals surface area (Å²) in [5.41, 5.74) is 4.53. The smallest absolute Gasteiger partial charge is 0.115 e. The molecule has 3 nitrogen and oxygen atoms in total. The van der Waals surface area contributed by atoms with E-state index < -0.39 is 0 Å². The summed E-state index contributed by atoms with van der Waals surface area (Å²) in [5, 5.41) is 13.7. The van der Waals surface area contributed by atoms with E-state index in [9.17, 15) is 5.11 Å². The number of likely N-dealkylation sites (tertiary alicyclic amines) is 1. The van der Waals surface area contributed by atoms with E-state index in [4.69, 9.17) is 0 Å². The predicted octanol–water partition coefficient (Wildman–Crippen LogP) is 4.95. The van der Waals surface area contributed by atoms with Gasteiger partial charge in [-0.2, -0.15) is 0 Å². The Bertz CT molecular complexity index is 821. The largest absolute Gasteiger partial charge is 0.508 e. The van der Waals surface area contributed by atoms with Crippen LogP contribution >= 0.6 is 0 Å². The number of aromatic hydroxyl groups is 1. The molecule has 2 aromatic carbocycles. The molecule has 0 spiro atoms. The molecule has 1 saturated carbocycles. The van der Waals surface area contributed by atoms with Crippen LogP contribution in [0.1, 0.15) is 49.7 Å². The maximum Gasteiger partial charge on any atom is 0.115 e. The number of fused-ring (bicyclic) bond motifs is 1. The molecule has 3 heteroatoms. The summed E-state index contributed by atoms with van der Waals surface area (Å²) in [4.78, 5) is 2.79. The van der Waals surface area contributed by atoms with E-state index in [0.717, 1.165) is 18.9 Å². The number of benzene rings is 2. The van der Waals surface area contributed by atoms with Gasteiger partial charge in [-0.3, -0.25) is 4.90 Å². The zero-order valence-corrected chi connectivity index (χ0v) is 16.7. The lowest BCUT2D eigenvalue weighted by Crippen LogP contribution is -2.61. The molecule has 28 heavy (non-hydrogen) atoms. The van der Waals surface area contributed by atoms with Crippen LogP contribution in [-0.2, 0) is 11.8 Å². The first kappa shape index (κ1) is 18.1. The van der Waals surface area contributed by atoms with Crippen LogP contribution in [0.25, 0.3) is 0 Å². The average Bonchev–Trinajstić information content (AvgIpc) is 2.74. The zero-order valence-electron chi connectivity index (χ0n) is 16.7. The number of para-hydroxylation sites is 1. The molecule has 2 aliphatic carbocycles. The lowest BCUT2D eigenvalue weighted by atomic mass is 9.52. The summed E-state index contributed by atoms with van der Waals surface area (Å²) in [6.45, 7) is 3.43. The Labute approximate surface area is 168 Å². The van der Waals surface area contributed by atoms with Crippen molar-refractivity contribution in [2.45, 2.75) is 56.4 Å². The minimum absolute atomic E-state index is 0.327. The normalized spacial score (nSPS) is 29.0. The number of nitrogens with one attached hydrogen (secondary N) is 1. The van der Waals surface area contributed by atoms with E-state index in [1.165, 1.54) is 68.4 Å². The van der Waals surface area contributed by atoms with Crippen LogP contribution in [0.4, 0.5) is 5.69 Å². The molecule has 1 saturated heterocycles. The average molecular weight is 377 g/mol. The Balaban J connectivity index is 1.30. The molecule has 0 aromatic heterocycles. The second kappa shape index (κ2) is 7.44. The van der Waals surface area contributed by atoms with Crippen molar-refractivity contribution >= 4 is 5.69 Å². The quantitative estimate of drug-likeness (QED) is 0.725. The number of phenolic OH excluding ortho intramolecular Hbond substituents is 1. The number of piperidine rings is 1.